The first kappa shape index (κ1) is 13.7. The van der Waals surface area contributed by atoms with Gasteiger partial charge in [-0.3, -0.25) is 0 Å². The molecule has 0 saturated heterocycles. The Hall–Kier alpha value is -1.99. The van der Waals surface area contributed by atoms with Gasteiger partial charge in [0.1, 0.15) is 17.4 Å². The van der Waals surface area contributed by atoms with Crippen LogP contribution in [0.5, 0.6) is 0 Å². The van der Waals surface area contributed by atoms with E-state index in [1.165, 1.54) is 19.2 Å². The molecule has 22 heavy (non-hydrogen) atoms. The van der Waals surface area contributed by atoms with Crippen LogP contribution in [0.15, 0.2) is 24.3 Å². The zero-order valence-corrected chi connectivity index (χ0v) is 12.4. The number of allylic oxidation sites excluding steroid dienone is 1. The molecular formula is C15H19N5O2. The summed E-state index contributed by atoms with van der Waals surface area (Å²) >= 11 is 0. The highest BCUT2D eigenvalue weighted by atomic mass is 16.3. The number of hydrogen-bond acceptors (Lipinski definition) is 6. The summed E-state index contributed by atoms with van der Waals surface area (Å²) in [6, 6.07) is 0.433. The molecule has 0 aliphatic heterocycles. The minimum absolute atomic E-state index is 0.0641. The van der Waals surface area contributed by atoms with Crippen LogP contribution < -0.4 is 5.32 Å². The monoisotopic (exact) mass is 301 g/mol. The van der Waals surface area contributed by atoms with Gasteiger partial charge in [0, 0.05) is 12.5 Å². The highest BCUT2D eigenvalue weighted by molar-refractivity contribution is 5.83. The molecule has 2 heterocycles. The van der Waals surface area contributed by atoms with Crippen molar-refractivity contribution in [1.82, 2.24) is 19.5 Å². The Morgan fingerprint density at radius 2 is 2.18 bits per heavy atom. The van der Waals surface area contributed by atoms with Gasteiger partial charge >= 0.3 is 0 Å². The van der Waals surface area contributed by atoms with Gasteiger partial charge in [-0.15, -0.1) is 0 Å². The standard InChI is InChI=1S/C15H19N5O2/c1-9-4-11(5-15(9,22)6-21)20-8-18-12-13(19-10-2-3-10)16-7-17-14(12)20/h4,7-8,10-11,21-22H,2-3,5-6H2,1H3,(H,16,17,19)/t11-,15-/m0/s1. The van der Waals surface area contributed by atoms with E-state index in [-0.39, 0.29) is 12.6 Å². The van der Waals surface area contributed by atoms with Crippen molar-refractivity contribution in [3.8, 4) is 0 Å². The normalized spacial score (nSPS) is 28.1. The quantitative estimate of drug-likeness (QED) is 0.730. The molecule has 1 saturated carbocycles. The van der Waals surface area contributed by atoms with Crippen molar-refractivity contribution < 1.29 is 10.2 Å². The maximum Gasteiger partial charge on any atom is 0.165 e. The molecule has 3 N–H and O–H groups in total. The molecule has 4 rings (SSSR count). The van der Waals surface area contributed by atoms with Crippen LogP contribution in [0.25, 0.3) is 11.2 Å². The number of aliphatic hydroxyl groups excluding tert-OH is 1. The van der Waals surface area contributed by atoms with E-state index in [1.807, 2.05) is 17.6 Å². The largest absolute Gasteiger partial charge is 0.393 e. The predicted molar refractivity (Wildman–Crippen MR) is 81.4 cm³/mol. The van der Waals surface area contributed by atoms with Gasteiger partial charge in [-0.1, -0.05) is 6.08 Å². The second-order valence-corrected chi connectivity index (χ2v) is 6.28. The minimum Gasteiger partial charge on any atom is -0.393 e. The van der Waals surface area contributed by atoms with E-state index in [9.17, 15) is 10.2 Å². The number of nitrogens with zero attached hydrogens (tertiary/aromatic N) is 4. The van der Waals surface area contributed by atoms with E-state index < -0.39 is 5.60 Å². The molecular weight excluding hydrogens is 282 g/mol. The molecule has 1 fully saturated rings. The van der Waals surface area contributed by atoms with Gasteiger partial charge in [-0.2, -0.15) is 0 Å². The van der Waals surface area contributed by atoms with Crippen molar-refractivity contribution in [3.63, 3.8) is 0 Å². The van der Waals surface area contributed by atoms with Crippen LogP contribution >= 0.6 is 0 Å². The lowest BCUT2D eigenvalue weighted by Crippen LogP contribution is -2.32. The number of aliphatic hydroxyl groups is 2. The number of hydrogen-bond donors (Lipinski definition) is 3. The summed E-state index contributed by atoms with van der Waals surface area (Å²) in [5, 5.41) is 23.2. The Balaban J connectivity index is 1.71. The Morgan fingerprint density at radius 3 is 2.86 bits per heavy atom. The molecule has 2 aromatic heterocycles. The van der Waals surface area contributed by atoms with Gasteiger partial charge in [-0.25, -0.2) is 15.0 Å². The number of fused-ring (bicyclic) bond motifs is 1. The maximum absolute atomic E-state index is 10.4. The average Bonchev–Trinajstić information content (AvgIpc) is 3.13. The molecule has 7 nitrogen and oxygen atoms in total. The molecule has 2 atom stereocenters. The van der Waals surface area contributed by atoms with Crippen molar-refractivity contribution in [2.45, 2.75) is 43.9 Å². The SMILES string of the molecule is CC1=C[C@H](n2cnc3c(NC4CC4)ncnc32)C[C@]1(O)CO. The Bertz CT molecular complexity index is 751. The van der Waals surface area contributed by atoms with Gasteiger partial charge in [-0.05, 0) is 25.3 Å². The lowest BCUT2D eigenvalue weighted by Gasteiger charge is -2.23. The summed E-state index contributed by atoms with van der Waals surface area (Å²) < 4.78 is 1.94. The summed E-state index contributed by atoms with van der Waals surface area (Å²) in [6.45, 7) is 1.56. The summed E-state index contributed by atoms with van der Waals surface area (Å²) in [5.74, 6) is 0.766. The molecule has 2 aliphatic rings. The van der Waals surface area contributed by atoms with Crippen LogP contribution in [-0.4, -0.2) is 48.0 Å². The van der Waals surface area contributed by atoms with E-state index in [0.29, 0.717) is 12.5 Å². The Kier molecular flexibility index (Phi) is 2.95. The highest BCUT2D eigenvalue weighted by Crippen LogP contribution is 2.38. The Labute approximate surface area is 127 Å². The zero-order chi connectivity index (χ0) is 15.3. The van der Waals surface area contributed by atoms with E-state index in [2.05, 4.69) is 20.3 Å². The minimum atomic E-state index is -1.15. The van der Waals surface area contributed by atoms with Crippen molar-refractivity contribution in [2.24, 2.45) is 0 Å². The van der Waals surface area contributed by atoms with E-state index >= 15 is 0 Å². The van der Waals surface area contributed by atoms with Gasteiger partial charge in [0.05, 0.1) is 19.0 Å². The molecule has 0 bridgehead atoms. The van der Waals surface area contributed by atoms with Crippen LogP contribution in [0.3, 0.4) is 0 Å². The number of anilines is 1. The fourth-order valence-electron chi connectivity index (χ4n) is 3.00. The van der Waals surface area contributed by atoms with Gasteiger partial charge < -0.3 is 20.1 Å². The van der Waals surface area contributed by atoms with Crippen LogP contribution in [0.2, 0.25) is 0 Å². The van der Waals surface area contributed by atoms with Crippen LogP contribution in [0.4, 0.5) is 5.82 Å². The van der Waals surface area contributed by atoms with Gasteiger partial charge in [0.15, 0.2) is 11.5 Å². The molecule has 0 spiro atoms. The van der Waals surface area contributed by atoms with E-state index in [1.54, 1.807) is 6.33 Å². The van der Waals surface area contributed by atoms with Gasteiger partial charge in [0.25, 0.3) is 0 Å². The van der Waals surface area contributed by atoms with Crippen molar-refractivity contribution in [2.75, 3.05) is 11.9 Å². The fourth-order valence-corrected chi connectivity index (χ4v) is 3.00. The molecule has 0 amide bonds. The maximum atomic E-state index is 10.4. The zero-order valence-electron chi connectivity index (χ0n) is 12.4. The fraction of sp³-hybridized carbons (Fsp3) is 0.533. The first-order valence-electron chi connectivity index (χ1n) is 7.57. The van der Waals surface area contributed by atoms with Gasteiger partial charge in [0.2, 0.25) is 0 Å². The second kappa shape index (κ2) is 4.76. The van der Waals surface area contributed by atoms with Crippen molar-refractivity contribution in [1.29, 1.82) is 0 Å². The summed E-state index contributed by atoms with van der Waals surface area (Å²) in [4.78, 5) is 13.1. The summed E-state index contributed by atoms with van der Waals surface area (Å²) in [7, 11) is 0. The second-order valence-electron chi connectivity index (χ2n) is 6.28. The third kappa shape index (κ3) is 2.08. The lowest BCUT2D eigenvalue weighted by molar-refractivity contribution is 0.0129. The molecule has 0 aromatic carbocycles. The number of nitrogens with one attached hydrogen (secondary N) is 1. The third-order valence-corrected chi connectivity index (χ3v) is 4.62. The first-order valence-corrected chi connectivity index (χ1v) is 7.57. The first-order chi connectivity index (χ1) is 10.6. The smallest absolute Gasteiger partial charge is 0.165 e. The van der Waals surface area contributed by atoms with Crippen molar-refractivity contribution in [3.05, 3.63) is 24.3 Å². The predicted octanol–water partition coefficient (Wildman–Crippen LogP) is 1.02. The molecule has 2 aliphatic carbocycles. The molecule has 116 valence electrons. The molecule has 7 heteroatoms. The van der Waals surface area contributed by atoms with Crippen LogP contribution in [-0.2, 0) is 0 Å². The number of imidazole rings is 1. The van der Waals surface area contributed by atoms with E-state index in [0.717, 1.165) is 22.6 Å². The van der Waals surface area contributed by atoms with Crippen molar-refractivity contribution >= 4 is 17.0 Å². The topological polar surface area (TPSA) is 96.1 Å². The highest BCUT2D eigenvalue weighted by Gasteiger charge is 2.38. The van der Waals surface area contributed by atoms with E-state index in [4.69, 9.17) is 0 Å². The third-order valence-electron chi connectivity index (χ3n) is 4.62. The van der Waals surface area contributed by atoms with Crippen LogP contribution in [0, 0.1) is 0 Å². The molecule has 2 aromatic rings. The summed E-state index contributed by atoms with van der Waals surface area (Å²) in [5.41, 5.74) is 1.13. The number of rotatable bonds is 4. The molecule has 0 unspecified atom stereocenters. The summed E-state index contributed by atoms with van der Waals surface area (Å²) in [6.07, 6.45) is 7.99. The average molecular weight is 301 g/mol. The Morgan fingerprint density at radius 1 is 1.36 bits per heavy atom. The lowest BCUT2D eigenvalue weighted by atomic mass is 9.98. The van der Waals surface area contributed by atoms with Crippen LogP contribution in [0.1, 0.15) is 32.2 Å². The molecule has 0 radical (unpaired) electrons. The number of aromatic nitrogens is 4.